The summed E-state index contributed by atoms with van der Waals surface area (Å²) in [6, 6.07) is 19.7. The number of ether oxygens (including phenoxy) is 6. The van der Waals surface area contributed by atoms with Gasteiger partial charge in [-0.15, -0.1) is 0 Å². The minimum Gasteiger partial charge on any atom is -0.508 e. The Morgan fingerprint density at radius 3 is 1.68 bits per heavy atom. The molecule has 3 saturated heterocycles. The molecule has 3 aliphatic heterocycles. The third-order valence-electron chi connectivity index (χ3n) is 6.98. The van der Waals surface area contributed by atoms with Gasteiger partial charge in [-0.05, 0) is 57.9 Å². The van der Waals surface area contributed by atoms with Gasteiger partial charge in [-0.1, -0.05) is 24.3 Å². The van der Waals surface area contributed by atoms with Crippen molar-refractivity contribution in [1.29, 1.82) is 0 Å². The first-order chi connectivity index (χ1) is 18.2. The largest absolute Gasteiger partial charge is 0.508 e. The standard InChI is InChI=1S/C30H28O7/c31-20-5-1-18-3-7-29(36-16-23-14-34-23)27(25(18)9-20)11-28-26-10-21(32-12-22-13-33-22)6-2-19(26)4-8-30(28)37-17-24-15-35-24/h1-10,22-24,31H,11-17H2. The van der Waals surface area contributed by atoms with Crippen molar-refractivity contribution in [1.82, 2.24) is 0 Å². The van der Waals surface area contributed by atoms with Gasteiger partial charge in [0.05, 0.1) is 19.8 Å². The minimum absolute atomic E-state index is 0.137. The van der Waals surface area contributed by atoms with E-state index in [0.29, 0.717) is 26.2 Å². The Hall–Kier alpha value is -3.52. The molecule has 7 heteroatoms. The third kappa shape index (κ3) is 5.16. The summed E-state index contributed by atoms with van der Waals surface area (Å²) in [5.41, 5.74) is 2.03. The van der Waals surface area contributed by atoms with E-state index in [4.69, 9.17) is 28.4 Å². The van der Waals surface area contributed by atoms with Gasteiger partial charge in [0.1, 0.15) is 61.1 Å². The van der Waals surface area contributed by atoms with Crippen LogP contribution in [-0.4, -0.2) is 63.1 Å². The molecule has 0 radical (unpaired) electrons. The van der Waals surface area contributed by atoms with Gasteiger partial charge in [0, 0.05) is 17.5 Å². The molecule has 0 saturated carbocycles. The molecule has 0 bridgehead atoms. The molecule has 0 amide bonds. The monoisotopic (exact) mass is 500 g/mol. The molecule has 0 aliphatic carbocycles. The van der Waals surface area contributed by atoms with Gasteiger partial charge in [-0.2, -0.15) is 0 Å². The highest BCUT2D eigenvalue weighted by Gasteiger charge is 2.26. The van der Waals surface area contributed by atoms with Gasteiger partial charge in [0.25, 0.3) is 0 Å². The lowest BCUT2D eigenvalue weighted by molar-refractivity contribution is 0.259. The van der Waals surface area contributed by atoms with Crippen LogP contribution in [0.4, 0.5) is 0 Å². The first kappa shape index (κ1) is 22.7. The number of epoxide rings is 3. The van der Waals surface area contributed by atoms with Crippen LogP contribution >= 0.6 is 0 Å². The number of hydrogen-bond donors (Lipinski definition) is 1. The fourth-order valence-corrected chi connectivity index (χ4v) is 4.64. The summed E-state index contributed by atoms with van der Waals surface area (Å²) in [4.78, 5) is 0. The van der Waals surface area contributed by atoms with Crippen molar-refractivity contribution < 1.29 is 33.5 Å². The smallest absolute Gasteiger partial charge is 0.123 e. The molecule has 3 heterocycles. The second-order valence-electron chi connectivity index (χ2n) is 9.85. The molecule has 3 unspecified atom stereocenters. The number of fused-ring (bicyclic) bond motifs is 2. The van der Waals surface area contributed by atoms with Gasteiger partial charge in [0.15, 0.2) is 0 Å². The first-order valence-electron chi connectivity index (χ1n) is 12.7. The maximum absolute atomic E-state index is 10.3. The Labute approximate surface area is 214 Å². The summed E-state index contributed by atoms with van der Waals surface area (Å²) in [5, 5.41) is 14.5. The molecular formula is C30H28O7. The van der Waals surface area contributed by atoms with E-state index >= 15 is 0 Å². The number of phenolic OH excluding ortho intramolecular Hbond substituents is 1. The third-order valence-corrected chi connectivity index (χ3v) is 6.98. The van der Waals surface area contributed by atoms with E-state index in [1.165, 1.54) is 0 Å². The van der Waals surface area contributed by atoms with Crippen molar-refractivity contribution in [3.8, 4) is 23.0 Å². The van der Waals surface area contributed by atoms with E-state index in [9.17, 15) is 5.11 Å². The lowest BCUT2D eigenvalue weighted by Gasteiger charge is -2.19. The van der Waals surface area contributed by atoms with Crippen LogP contribution in [0.15, 0.2) is 60.7 Å². The van der Waals surface area contributed by atoms with E-state index < -0.39 is 0 Å². The van der Waals surface area contributed by atoms with Crippen LogP contribution in [0.1, 0.15) is 11.1 Å². The van der Waals surface area contributed by atoms with Crippen LogP contribution in [0.5, 0.6) is 23.0 Å². The van der Waals surface area contributed by atoms with Crippen LogP contribution in [0.3, 0.4) is 0 Å². The lowest BCUT2D eigenvalue weighted by atomic mass is 9.93. The van der Waals surface area contributed by atoms with E-state index in [-0.39, 0.29) is 24.1 Å². The van der Waals surface area contributed by atoms with Gasteiger partial charge in [-0.25, -0.2) is 0 Å². The van der Waals surface area contributed by atoms with Crippen molar-refractivity contribution in [2.24, 2.45) is 0 Å². The Balaban J connectivity index is 1.33. The number of benzene rings is 4. The summed E-state index contributed by atoms with van der Waals surface area (Å²) in [6.07, 6.45) is 1.01. The highest BCUT2D eigenvalue weighted by molar-refractivity contribution is 5.92. The van der Waals surface area contributed by atoms with E-state index in [2.05, 4.69) is 18.2 Å². The predicted molar refractivity (Wildman–Crippen MR) is 138 cm³/mol. The van der Waals surface area contributed by atoms with Crippen molar-refractivity contribution in [3.63, 3.8) is 0 Å². The Kier molecular flexibility index (Phi) is 5.76. The molecule has 4 aromatic rings. The molecule has 190 valence electrons. The molecule has 3 fully saturated rings. The second-order valence-corrected chi connectivity index (χ2v) is 9.85. The molecule has 1 N–H and O–H groups in total. The van der Waals surface area contributed by atoms with E-state index in [1.807, 2.05) is 30.3 Å². The van der Waals surface area contributed by atoms with Crippen LogP contribution in [0, 0.1) is 0 Å². The lowest BCUT2D eigenvalue weighted by Crippen LogP contribution is -2.09. The average Bonchev–Trinajstić information content (AvgIpc) is 3.74. The van der Waals surface area contributed by atoms with Gasteiger partial charge in [0.2, 0.25) is 0 Å². The first-order valence-corrected chi connectivity index (χ1v) is 12.7. The fourth-order valence-electron chi connectivity index (χ4n) is 4.64. The van der Waals surface area contributed by atoms with E-state index in [1.54, 1.807) is 12.1 Å². The quantitative estimate of drug-likeness (QED) is 0.301. The predicted octanol–water partition coefficient (Wildman–Crippen LogP) is 4.62. The summed E-state index contributed by atoms with van der Waals surface area (Å²) >= 11 is 0. The average molecular weight is 501 g/mol. The van der Waals surface area contributed by atoms with Crippen molar-refractivity contribution >= 4 is 21.5 Å². The zero-order valence-electron chi connectivity index (χ0n) is 20.4. The molecule has 0 spiro atoms. The molecular weight excluding hydrogens is 472 g/mol. The Morgan fingerprint density at radius 1 is 0.622 bits per heavy atom. The molecule has 37 heavy (non-hydrogen) atoms. The zero-order valence-corrected chi connectivity index (χ0v) is 20.4. The fraction of sp³-hybridized carbons (Fsp3) is 0.333. The number of aromatic hydroxyl groups is 1. The molecule has 4 aromatic carbocycles. The van der Waals surface area contributed by atoms with Crippen LogP contribution in [-0.2, 0) is 20.6 Å². The molecule has 0 aromatic heterocycles. The number of rotatable bonds is 11. The summed E-state index contributed by atoms with van der Waals surface area (Å²) in [5.74, 6) is 2.60. The van der Waals surface area contributed by atoms with Crippen molar-refractivity contribution in [2.75, 3.05) is 39.6 Å². The number of phenols is 1. The molecule has 7 nitrogen and oxygen atoms in total. The van der Waals surface area contributed by atoms with Gasteiger partial charge < -0.3 is 33.5 Å². The summed E-state index contributed by atoms with van der Waals surface area (Å²) < 4.78 is 34.6. The Bertz CT molecular complexity index is 1450. The molecule has 7 rings (SSSR count). The van der Waals surface area contributed by atoms with Crippen LogP contribution < -0.4 is 14.2 Å². The molecule has 3 atom stereocenters. The van der Waals surface area contributed by atoms with Crippen molar-refractivity contribution in [2.45, 2.75) is 24.7 Å². The minimum atomic E-state index is 0.137. The van der Waals surface area contributed by atoms with Gasteiger partial charge >= 0.3 is 0 Å². The van der Waals surface area contributed by atoms with Crippen LogP contribution in [0.25, 0.3) is 21.5 Å². The highest BCUT2D eigenvalue weighted by Crippen LogP contribution is 2.38. The van der Waals surface area contributed by atoms with Crippen LogP contribution in [0.2, 0.25) is 0 Å². The second kappa shape index (κ2) is 9.41. The van der Waals surface area contributed by atoms with Crippen molar-refractivity contribution in [3.05, 3.63) is 71.8 Å². The summed E-state index contributed by atoms with van der Waals surface area (Å²) in [7, 11) is 0. The topological polar surface area (TPSA) is 85.5 Å². The summed E-state index contributed by atoms with van der Waals surface area (Å²) in [6.45, 7) is 3.75. The maximum Gasteiger partial charge on any atom is 0.123 e. The number of hydrogen-bond acceptors (Lipinski definition) is 7. The molecule has 3 aliphatic rings. The highest BCUT2D eigenvalue weighted by atomic mass is 16.6. The van der Waals surface area contributed by atoms with Gasteiger partial charge in [-0.3, -0.25) is 0 Å². The Morgan fingerprint density at radius 2 is 1.11 bits per heavy atom. The zero-order chi connectivity index (χ0) is 24.8. The maximum atomic E-state index is 10.3. The normalized spacial score (nSPS) is 21.7. The SMILES string of the molecule is Oc1ccc2ccc(OCC3CO3)c(Cc3c(OCC4CO4)ccc4ccc(OCC5CO5)cc34)c2c1. The van der Waals surface area contributed by atoms with E-state index in [0.717, 1.165) is 69.7 Å².